The molecule has 0 amide bonds. The minimum atomic E-state index is -2.98. The monoisotopic (exact) mass is 248 g/mol. The molecular weight excluding hydrogens is 224 g/mol. The van der Waals surface area contributed by atoms with Crippen molar-refractivity contribution in [3.63, 3.8) is 0 Å². The Morgan fingerprint density at radius 2 is 1.94 bits per heavy atom. The van der Waals surface area contributed by atoms with Crippen molar-refractivity contribution in [2.75, 3.05) is 25.9 Å². The first-order valence-corrected chi connectivity index (χ1v) is 7.85. The van der Waals surface area contributed by atoms with E-state index in [1.165, 1.54) is 0 Å². The molecule has 5 heteroatoms. The zero-order valence-electron chi connectivity index (χ0n) is 10.4. The first-order valence-electron chi connectivity index (χ1n) is 6.24. The van der Waals surface area contributed by atoms with Gasteiger partial charge in [0.2, 0.25) is 10.0 Å². The van der Waals surface area contributed by atoms with E-state index in [2.05, 4.69) is 12.2 Å². The number of sulfonamides is 1. The molecule has 0 aliphatic heterocycles. The highest BCUT2D eigenvalue weighted by atomic mass is 32.2. The van der Waals surface area contributed by atoms with Crippen LogP contribution in [0, 0.1) is 0 Å². The molecule has 0 radical (unpaired) electrons. The summed E-state index contributed by atoms with van der Waals surface area (Å²) in [5.41, 5.74) is 0. The third kappa shape index (κ3) is 4.80. The summed E-state index contributed by atoms with van der Waals surface area (Å²) < 4.78 is 25.2. The Bertz CT molecular complexity index is 286. The summed E-state index contributed by atoms with van der Waals surface area (Å²) in [6.45, 7) is 4.08. The molecule has 1 aliphatic rings. The summed E-state index contributed by atoms with van der Waals surface area (Å²) in [5.74, 6) is 0.299. The van der Waals surface area contributed by atoms with Gasteiger partial charge in [0.05, 0.1) is 5.75 Å². The van der Waals surface area contributed by atoms with E-state index in [0.29, 0.717) is 11.8 Å². The average molecular weight is 248 g/mol. The Balaban J connectivity index is 2.11. The van der Waals surface area contributed by atoms with Gasteiger partial charge in [-0.05, 0) is 45.2 Å². The normalized spacial score (nSPS) is 16.9. The van der Waals surface area contributed by atoms with Crippen LogP contribution in [0.25, 0.3) is 0 Å². The smallest absolute Gasteiger partial charge is 0.214 e. The van der Waals surface area contributed by atoms with Crippen LogP contribution in [0.2, 0.25) is 0 Å². The summed E-state index contributed by atoms with van der Waals surface area (Å²) in [6.07, 6.45) is 4.90. The zero-order valence-corrected chi connectivity index (χ0v) is 11.2. The predicted octanol–water partition coefficient (Wildman–Crippen LogP) is 1.19. The molecule has 1 fully saturated rings. The Morgan fingerprint density at radius 3 is 2.50 bits per heavy atom. The van der Waals surface area contributed by atoms with Crippen LogP contribution in [0.1, 0.15) is 39.0 Å². The minimum Gasteiger partial charge on any atom is -0.317 e. The SMILES string of the molecule is CCCNCCCCS(=O)(=O)N(C)C1CC1. The van der Waals surface area contributed by atoms with Gasteiger partial charge in [0.25, 0.3) is 0 Å². The molecule has 0 aromatic carbocycles. The fourth-order valence-electron chi connectivity index (χ4n) is 1.65. The summed E-state index contributed by atoms with van der Waals surface area (Å²) in [4.78, 5) is 0. The van der Waals surface area contributed by atoms with Crippen LogP contribution in [-0.2, 0) is 10.0 Å². The van der Waals surface area contributed by atoms with Crippen molar-refractivity contribution in [1.82, 2.24) is 9.62 Å². The summed E-state index contributed by atoms with van der Waals surface area (Å²) in [7, 11) is -1.27. The van der Waals surface area contributed by atoms with E-state index in [1.807, 2.05) is 0 Å². The maximum Gasteiger partial charge on any atom is 0.214 e. The van der Waals surface area contributed by atoms with E-state index in [0.717, 1.165) is 45.2 Å². The summed E-state index contributed by atoms with van der Waals surface area (Å²) >= 11 is 0. The molecule has 0 aromatic rings. The topological polar surface area (TPSA) is 49.4 Å². The molecule has 0 heterocycles. The highest BCUT2D eigenvalue weighted by molar-refractivity contribution is 7.89. The lowest BCUT2D eigenvalue weighted by Crippen LogP contribution is -2.31. The van der Waals surface area contributed by atoms with Crippen LogP contribution in [0.5, 0.6) is 0 Å². The highest BCUT2D eigenvalue weighted by Crippen LogP contribution is 2.27. The van der Waals surface area contributed by atoms with Gasteiger partial charge in [-0.1, -0.05) is 6.92 Å². The molecular formula is C11H24N2O2S. The second-order valence-corrected chi connectivity index (χ2v) is 6.67. The van der Waals surface area contributed by atoms with E-state index in [1.54, 1.807) is 11.4 Å². The summed E-state index contributed by atoms with van der Waals surface area (Å²) in [5, 5.41) is 3.28. The quantitative estimate of drug-likeness (QED) is 0.624. The number of unbranched alkanes of at least 4 members (excludes halogenated alkanes) is 1. The molecule has 1 aliphatic carbocycles. The van der Waals surface area contributed by atoms with Gasteiger partial charge < -0.3 is 5.32 Å². The molecule has 16 heavy (non-hydrogen) atoms. The molecule has 1 rings (SSSR count). The first kappa shape index (κ1) is 13.9. The van der Waals surface area contributed by atoms with Gasteiger partial charge in [0.15, 0.2) is 0 Å². The number of hydrogen-bond donors (Lipinski definition) is 1. The lowest BCUT2D eigenvalue weighted by atomic mass is 10.3. The van der Waals surface area contributed by atoms with E-state index in [-0.39, 0.29) is 0 Å². The van der Waals surface area contributed by atoms with Crippen molar-refractivity contribution in [2.45, 2.75) is 45.1 Å². The van der Waals surface area contributed by atoms with Crippen LogP contribution >= 0.6 is 0 Å². The van der Waals surface area contributed by atoms with E-state index in [9.17, 15) is 8.42 Å². The molecule has 1 saturated carbocycles. The number of nitrogens with one attached hydrogen (secondary N) is 1. The van der Waals surface area contributed by atoms with Crippen molar-refractivity contribution >= 4 is 10.0 Å². The van der Waals surface area contributed by atoms with Crippen LogP contribution in [-0.4, -0.2) is 44.7 Å². The van der Waals surface area contributed by atoms with E-state index in [4.69, 9.17) is 0 Å². The van der Waals surface area contributed by atoms with Crippen molar-refractivity contribution in [2.24, 2.45) is 0 Å². The van der Waals surface area contributed by atoms with Gasteiger partial charge in [-0.3, -0.25) is 0 Å². The second kappa shape index (κ2) is 6.57. The molecule has 0 unspecified atom stereocenters. The Morgan fingerprint density at radius 1 is 1.25 bits per heavy atom. The molecule has 96 valence electrons. The Labute approximate surface area is 99.5 Å². The van der Waals surface area contributed by atoms with Crippen molar-refractivity contribution in [1.29, 1.82) is 0 Å². The second-order valence-electron chi connectivity index (χ2n) is 4.52. The fourth-order valence-corrected chi connectivity index (χ4v) is 3.17. The largest absolute Gasteiger partial charge is 0.317 e. The Hall–Kier alpha value is -0.130. The number of nitrogens with zero attached hydrogens (tertiary/aromatic N) is 1. The molecule has 0 bridgehead atoms. The lowest BCUT2D eigenvalue weighted by molar-refractivity contribution is 0.461. The van der Waals surface area contributed by atoms with Crippen LogP contribution in [0.4, 0.5) is 0 Å². The van der Waals surface area contributed by atoms with Gasteiger partial charge in [-0.25, -0.2) is 12.7 Å². The van der Waals surface area contributed by atoms with Crippen LogP contribution in [0.3, 0.4) is 0 Å². The fraction of sp³-hybridized carbons (Fsp3) is 1.00. The van der Waals surface area contributed by atoms with Gasteiger partial charge in [-0.2, -0.15) is 0 Å². The third-order valence-corrected chi connectivity index (χ3v) is 4.91. The predicted molar refractivity (Wildman–Crippen MR) is 67.0 cm³/mol. The molecule has 1 N–H and O–H groups in total. The average Bonchev–Trinajstić information content (AvgIpc) is 3.05. The van der Waals surface area contributed by atoms with E-state index >= 15 is 0 Å². The van der Waals surface area contributed by atoms with Crippen molar-refractivity contribution in [3.05, 3.63) is 0 Å². The van der Waals surface area contributed by atoms with Gasteiger partial charge >= 0.3 is 0 Å². The van der Waals surface area contributed by atoms with E-state index < -0.39 is 10.0 Å². The maximum atomic E-state index is 11.8. The molecule has 0 atom stereocenters. The van der Waals surface area contributed by atoms with Crippen molar-refractivity contribution in [3.8, 4) is 0 Å². The van der Waals surface area contributed by atoms with Gasteiger partial charge in [0, 0.05) is 13.1 Å². The van der Waals surface area contributed by atoms with Gasteiger partial charge in [0.1, 0.15) is 0 Å². The van der Waals surface area contributed by atoms with Crippen LogP contribution in [0.15, 0.2) is 0 Å². The standard InChI is InChI=1S/C11H24N2O2S/c1-3-8-12-9-4-5-10-16(14,15)13(2)11-6-7-11/h11-12H,3-10H2,1-2H3. The number of hydrogen-bond acceptors (Lipinski definition) is 3. The lowest BCUT2D eigenvalue weighted by Gasteiger charge is -2.16. The zero-order chi connectivity index (χ0) is 12.0. The minimum absolute atomic E-state index is 0.295. The molecule has 0 aromatic heterocycles. The van der Waals surface area contributed by atoms with Gasteiger partial charge in [-0.15, -0.1) is 0 Å². The Kier molecular flexibility index (Phi) is 5.72. The third-order valence-electron chi connectivity index (χ3n) is 2.93. The molecule has 0 saturated heterocycles. The van der Waals surface area contributed by atoms with Crippen molar-refractivity contribution < 1.29 is 8.42 Å². The van der Waals surface area contributed by atoms with Crippen LogP contribution < -0.4 is 5.32 Å². The molecule has 4 nitrogen and oxygen atoms in total. The first-order chi connectivity index (χ1) is 7.58. The highest BCUT2D eigenvalue weighted by Gasteiger charge is 2.33. The molecule has 0 spiro atoms. The maximum absolute atomic E-state index is 11.8. The number of rotatable bonds is 9. The summed E-state index contributed by atoms with van der Waals surface area (Å²) in [6, 6.07) is 0.295.